The highest BCUT2D eigenvalue weighted by Crippen LogP contribution is 2.44. The Morgan fingerprint density at radius 1 is 1.25 bits per heavy atom. The summed E-state index contributed by atoms with van der Waals surface area (Å²) in [6, 6.07) is 6.04. The fourth-order valence-corrected chi connectivity index (χ4v) is 3.66. The molecule has 2 aliphatic rings. The van der Waals surface area contributed by atoms with Crippen LogP contribution in [0.2, 0.25) is 0 Å². The number of nitrogens with one attached hydrogen (secondary N) is 1. The second-order valence-electron chi connectivity index (χ2n) is 5.63. The van der Waals surface area contributed by atoms with Gasteiger partial charge in [-0.3, -0.25) is 4.79 Å². The number of carbonyl (C=O) groups excluding carboxylic acids is 1. The molecule has 0 heterocycles. The van der Waals surface area contributed by atoms with Crippen LogP contribution in [0.3, 0.4) is 0 Å². The molecule has 0 saturated heterocycles. The van der Waals surface area contributed by atoms with Crippen LogP contribution in [0.1, 0.15) is 25.7 Å². The van der Waals surface area contributed by atoms with Crippen molar-refractivity contribution < 1.29 is 9.53 Å². The van der Waals surface area contributed by atoms with Crippen LogP contribution in [-0.4, -0.2) is 18.6 Å². The van der Waals surface area contributed by atoms with Gasteiger partial charge in [-0.25, -0.2) is 0 Å². The van der Waals surface area contributed by atoms with Crippen molar-refractivity contribution in [2.45, 2.75) is 31.7 Å². The minimum atomic E-state index is -0.0105. The van der Waals surface area contributed by atoms with Crippen molar-refractivity contribution in [3.63, 3.8) is 0 Å². The van der Waals surface area contributed by atoms with E-state index < -0.39 is 0 Å². The molecule has 0 bridgehead atoms. The van der Waals surface area contributed by atoms with Crippen molar-refractivity contribution in [3.05, 3.63) is 27.1 Å². The number of carbonyl (C=O) groups is 1. The number of hydrogen-bond acceptors (Lipinski definition) is 2. The fraction of sp³-hybridized carbons (Fsp3) is 0.533. The SMILES string of the molecule is O=C(COc1ccc(Br)cc1Br)NC(C1CC1)C1CC1. The normalized spacial score (nSPS) is 18.1. The Labute approximate surface area is 135 Å². The first-order valence-corrected chi connectivity index (χ1v) is 8.59. The molecule has 1 aromatic carbocycles. The van der Waals surface area contributed by atoms with E-state index in [0.717, 1.165) is 8.95 Å². The molecule has 1 aromatic rings. The molecule has 0 aromatic heterocycles. The summed E-state index contributed by atoms with van der Waals surface area (Å²) in [5.41, 5.74) is 0. The minimum absolute atomic E-state index is 0.0105. The third kappa shape index (κ3) is 3.76. The number of benzene rings is 1. The summed E-state index contributed by atoms with van der Waals surface area (Å²) in [4.78, 5) is 12.0. The quantitative estimate of drug-likeness (QED) is 0.783. The van der Waals surface area contributed by atoms with Gasteiger partial charge in [0.25, 0.3) is 5.91 Å². The molecule has 108 valence electrons. The zero-order valence-electron chi connectivity index (χ0n) is 11.1. The third-order valence-corrected chi connectivity index (χ3v) is 4.95. The summed E-state index contributed by atoms with van der Waals surface area (Å²) in [7, 11) is 0. The van der Waals surface area contributed by atoms with Crippen molar-refractivity contribution in [1.29, 1.82) is 0 Å². The van der Waals surface area contributed by atoms with Gasteiger partial charge < -0.3 is 10.1 Å². The van der Waals surface area contributed by atoms with Crippen LogP contribution in [0.5, 0.6) is 5.75 Å². The largest absolute Gasteiger partial charge is 0.483 e. The summed E-state index contributed by atoms with van der Waals surface area (Å²) < 4.78 is 7.40. The summed E-state index contributed by atoms with van der Waals surface area (Å²) in [6.45, 7) is 0.0795. The zero-order chi connectivity index (χ0) is 14.1. The second-order valence-corrected chi connectivity index (χ2v) is 7.40. The Balaban J connectivity index is 1.51. The van der Waals surface area contributed by atoms with Crippen molar-refractivity contribution >= 4 is 37.8 Å². The molecule has 2 fully saturated rings. The monoisotopic (exact) mass is 401 g/mol. The van der Waals surface area contributed by atoms with E-state index in [0.29, 0.717) is 23.6 Å². The molecule has 5 heteroatoms. The van der Waals surface area contributed by atoms with Gasteiger partial charge in [-0.05, 0) is 71.6 Å². The number of rotatable bonds is 6. The van der Waals surface area contributed by atoms with Crippen molar-refractivity contribution in [2.24, 2.45) is 11.8 Å². The van der Waals surface area contributed by atoms with Crippen LogP contribution in [0.15, 0.2) is 27.1 Å². The fourth-order valence-electron chi connectivity index (χ4n) is 2.49. The zero-order valence-corrected chi connectivity index (χ0v) is 14.2. The maximum atomic E-state index is 12.0. The first-order chi connectivity index (χ1) is 9.63. The highest BCUT2D eigenvalue weighted by molar-refractivity contribution is 9.11. The smallest absolute Gasteiger partial charge is 0.258 e. The highest BCUT2D eigenvalue weighted by Gasteiger charge is 2.42. The Bertz CT molecular complexity index is 501. The number of ether oxygens (including phenoxy) is 1. The van der Waals surface area contributed by atoms with Crippen molar-refractivity contribution in [3.8, 4) is 5.75 Å². The summed E-state index contributed by atoms with van der Waals surface area (Å²) in [6.07, 6.45) is 5.06. The van der Waals surface area contributed by atoms with Gasteiger partial charge in [-0.2, -0.15) is 0 Å². The van der Waals surface area contributed by atoms with E-state index in [4.69, 9.17) is 4.74 Å². The predicted molar refractivity (Wildman–Crippen MR) is 84.7 cm³/mol. The number of amides is 1. The molecule has 0 spiro atoms. The van der Waals surface area contributed by atoms with Crippen LogP contribution in [0.4, 0.5) is 0 Å². The Morgan fingerprint density at radius 2 is 1.90 bits per heavy atom. The molecule has 0 aliphatic heterocycles. The molecule has 1 amide bonds. The molecule has 3 nitrogen and oxygen atoms in total. The maximum Gasteiger partial charge on any atom is 0.258 e. The number of hydrogen-bond donors (Lipinski definition) is 1. The lowest BCUT2D eigenvalue weighted by atomic mass is 10.1. The van der Waals surface area contributed by atoms with Gasteiger partial charge in [-0.15, -0.1) is 0 Å². The minimum Gasteiger partial charge on any atom is -0.483 e. The van der Waals surface area contributed by atoms with Gasteiger partial charge in [0.2, 0.25) is 0 Å². The topological polar surface area (TPSA) is 38.3 Å². The average molecular weight is 403 g/mol. The van der Waals surface area contributed by atoms with Crippen LogP contribution in [-0.2, 0) is 4.79 Å². The Morgan fingerprint density at radius 3 is 2.45 bits per heavy atom. The van der Waals surface area contributed by atoms with Gasteiger partial charge in [0.15, 0.2) is 6.61 Å². The summed E-state index contributed by atoms with van der Waals surface area (Å²) in [5, 5.41) is 3.15. The van der Waals surface area contributed by atoms with E-state index in [9.17, 15) is 4.79 Å². The highest BCUT2D eigenvalue weighted by atomic mass is 79.9. The Kier molecular flexibility index (Phi) is 4.36. The summed E-state index contributed by atoms with van der Waals surface area (Å²) >= 11 is 6.82. The van der Waals surface area contributed by atoms with E-state index in [1.807, 2.05) is 18.2 Å². The predicted octanol–water partition coefficient (Wildman–Crippen LogP) is 3.90. The van der Waals surface area contributed by atoms with Crippen molar-refractivity contribution in [2.75, 3.05) is 6.61 Å². The average Bonchev–Trinajstić information content (AvgIpc) is 3.28. The van der Waals surface area contributed by atoms with Gasteiger partial charge in [0, 0.05) is 10.5 Å². The molecular formula is C15H17Br2NO2. The van der Waals surface area contributed by atoms with Gasteiger partial charge >= 0.3 is 0 Å². The van der Waals surface area contributed by atoms with Crippen LogP contribution < -0.4 is 10.1 Å². The van der Waals surface area contributed by atoms with Crippen molar-refractivity contribution in [1.82, 2.24) is 5.32 Å². The van der Waals surface area contributed by atoms with E-state index in [2.05, 4.69) is 37.2 Å². The lowest BCUT2D eigenvalue weighted by Gasteiger charge is -2.18. The molecule has 0 radical (unpaired) electrons. The second kappa shape index (κ2) is 6.06. The van der Waals surface area contributed by atoms with Crippen LogP contribution in [0.25, 0.3) is 0 Å². The van der Waals surface area contributed by atoms with Crippen LogP contribution in [0, 0.1) is 11.8 Å². The van der Waals surface area contributed by atoms with E-state index in [1.165, 1.54) is 25.7 Å². The van der Waals surface area contributed by atoms with E-state index in [-0.39, 0.29) is 12.5 Å². The molecule has 1 N–H and O–H groups in total. The first kappa shape index (κ1) is 14.4. The standard InChI is InChI=1S/C15H17Br2NO2/c16-11-5-6-13(12(17)7-11)20-8-14(19)18-15(9-1-2-9)10-3-4-10/h5-7,9-10,15H,1-4,8H2,(H,18,19). The molecule has 2 saturated carbocycles. The molecular weight excluding hydrogens is 386 g/mol. The maximum absolute atomic E-state index is 12.0. The molecule has 0 atom stereocenters. The third-order valence-electron chi connectivity index (χ3n) is 3.84. The molecule has 2 aliphatic carbocycles. The molecule has 20 heavy (non-hydrogen) atoms. The lowest BCUT2D eigenvalue weighted by Crippen LogP contribution is -2.40. The van der Waals surface area contributed by atoms with Gasteiger partial charge in [0.05, 0.1) is 4.47 Å². The molecule has 0 unspecified atom stereocenters. The van der Waals surface area contributed by atoms with Gasteiger partial charge in [-0.1, -0.05) is 15.9 Å². The number of halogens is 2. The van der Waals surface area contributed by atoms with E-state index in [1.54, 1.807) is 0 Å². The first-order valence-electron chi connectivity index (χ1n) is 7.00. The lowest BCUT2D eigenvalue weighted by molar-refractivity contribution is -0.124. The molecule has 3 rings (SSSR count). The van der Waals surface area contributed by atoms with Crippen LogP contribution >= 0.6 is 31.9 Å². The summed E-state index contributed by atoms with van der Waals surface area (Å²) in [5.74, 6) is 2.11. The van der Waals surface area contributed by atoms with E-state index >= 15 is 0 Å². The Hall–Kier alpha value is -0.550. The van der Waals surface area contributed by atoms with Gasteiger partial charge in [0.1, 0.15) is 5.75 Å².